The summed E-state index contributed by atoms with van der Waals surface area (Å²) >= 11 is 3.56. The summed E-state index contributed by atoms with van der Waals surface area (Å²) in [7, 11) is 0. The molecule has 2 rings (SSSR count). The third kappa shape index (κ3) is 6.39. The van der Waals surface area contributed by atoms with Gasteiger partial charge in [0.05, 0.1) is 25.9 Å². The Hall–Kier alpha value is -1.42. The van der Waals surface area contributed by atoms with Crippen LogP contribution in [0.3, 0.4) is 0 Å². The molecule has 2 aromatic carbocycles. The van der Waals surface area contributed by atoms with Crippen molar-refractivity contribution in [3.63, 3.8) is 0 Å². The number of rotatable bonds is 11. The average molecular weight is 417 g/mol. The summed E-state index contributed by atoms with van der Waals surface area (Å²) in [6.07, 6.45) is 1.01. The van der Waals surface area contributed by atoms with Gasteiger partial charge in [-0.1, -0.05) is 97.0 Å². The van der Waals surface area contributed by atoms with Gasteiger partial charge in [-0.25, -0.2) is 0 Å². The van der Waals surface area contributed by atoms with Crippen molar-refractivity contribution >= 4 is 15.9 Å². The molecule has 1 unspecified atom stereocenters. The van der Waals surface area contributed by atoms with E-state index >= 15 is 0 Å². The second kappa shape index (κ2) is 10.7. The quantitative estimate of drug-likeness (QED) is 0.322. The van der Waals surface area contributed by atoms with E-state index in [1.54, 1.807) is 0 Å². The zero-order valence-electron chi connectivity index (χ0n) is 15.8. The maximum atomic E-state index is 6.27. The monoisotopic (exact) mass is 416 g/mol. The van der Waals surface area contributed by atoms with Gasteiger partial charge < -0.3 is 9.47 Å². The van der Waals surface area contributed by atoms with Crippen molar-refractivity contribution in [2.75, 3.05) is 11.9 Å². The van der Waals surface area contributed by atoms with E-state index in [0.29, 0.717) is 19.8 Å². The topological polar surface area (TPSA) is 18.5 Å². The maximum Gasteiger partial charge on any atom is 0.0721 e. The minimum absolute atomic E-state index is 0.0786. The number of hydrogen-bond donors (Lipinski definition) is 0. The number of hydrogen-bond acceptors (Lipinski definition) is 2. The number of halogens is 1. The van der Waals surface area contributed by atoms with Crippen LogP contribution in [0.25, 0.3) is 0 Å². The molecule has 0 radical (unpaired) electrons. The van der Waals surface area contributed by atoms with Crippen LogP contribution < -0.4 is 0 Å². The van der Waals surface area contributed by atoms with E-state index in [1.165, 1.54) is 11.1 Å². The minimum Gasteiger partial charge on any atom is -0.373 e. The molecule has 0 aliphatic rings. The van der Waals surface area contributed by atoms with E-state index in [1.807, 2.05) is 36.4 Å². The second-order valence-electron chi connectivity index (χ2n) is 7.07. The molecule has 0 spiro atoms. The first-order chi connectivity index (χ1) is 12.5. The zero-order valence-corrected chi connectivity index (χ0v) is 17.4. The van der Waals surface area contributed by atoms with Crippen LogP contribution in [0.1, 0.15) is 31.4 Å². The maximum absolute atomic E-state index is 6.27. The highest BCUT2D eigenvalue weighted by molar-refractivity contribution is 9.09. The van der Waals surface area contributed by atoms with E-state index < -0.39 is 0 Å². The highest BCUT2D eigenvalue weighted by Crippen LogP contribution is 2.34. The molecular weight excluding hydrogens is 388 g/mol. The van der Waals surface area contributed by atoms with Gasteiger partial charge in [0.15, 0.2) is 0 Å². The van der Waals surface area contributed by atoms with Gasteiger partial charge in [-0.05, 0) is 23.1 Å². The van der Waals surface area contributed by atoms with Gasteiger partial charge in [0, 0.05) is 10.7 Å². The summed E-state index contributed by atoms with van der Waals surface area (Å²) in [6.45, 7) is 10.4. The van der Waals surface area contributed by atoms with Crippen molar-refractivity contribution in [2.24, 2.45) is 5.41 Å². The van der Waals surface area contributed by atoms with Crippen molar-refractivity contribution in [1.29, 1.82) is 0 Å². The third-order valence-corrected chi connectivity index (χ3v) is 5.23. The van der Waals surface area contributed by atoms with Crippen LogP contribution in [0.5, 0.6) is 0 Å². The molecule has 0 fully saturated rings. The summed E-state index contributed by atoms with van der Waals surface area (Å²) in [5.74, 6) is 0. The lowest BCUT2D eigenvalue weighted by molar-refractivity contribution is -0.0276. The van der Waals surface area contributed by atoms with E-state index in [9.17, 15) is 0 Å². The summed E-state index contributed by atoms with van der Waals surface area (Å²) < 4.78 is 12.2. The molecule has 0 aliphatic carbocycles. The number of ether oxygens (including phenoxy) is 2. The van der Waals surface area contributed by atoms with Crippen LogP contribution in [0.4, 0.5) is 0 Å². The van der Waals surface area contributed by atoms with Gasteiger partial charge in [-0.2, -0.15) is 0 Å². The first kappa shape index (κ1) is 20.9. The van der Waals surface area contributed by atoms with Crippen LogP contribution in [-0.4, -0.2) is 18.0 Å². The molecule has 0 amide bonds. The predicted molar refractivity (Wildman–Crippen MR) is 112 cm³/mol. The molecule has 140 valence electrons. The smallest absolute Gasteiger partial charge is 0.0721 e. The molecule has 0 saturated heterocycles. The molecule has 0 bridgehead atoms. The third-order valence-electron chi connectivity index (χ3n) is 4.77. The first-order valence-corrected chi connectivity index (χ1v) is 10.2. The van der Waals surface area contributed by atoms with Crippen LogP contribution in [-0.2, 0) is 22.7 Å². The van der Waals surface area contributed by atoms with Gasteiger partial charge in [-0.3, -0.25) is 0 Å². The summed E-state index contributed by atoms with van der Waals surface area (Å²) in [6, 6.07) is 20.5. The van der Waals surface area contributed by atoms with Gasteiger partial charge in [0.2, 0.25) is 0 Å². The largest absolute Gasteiger partial charge is 0.373 e. The lowest BCUT2D eigenvalue weighted by Gasteiger charge is -2.36. The standard InChI is InChI=1S/C23H29BrO2/c1-19(16-25-17-20-10-6-4-7-11-20)23(2,3)22(14-15-24)26-18-21-12-8-5-9-13-21/h4-13,22H,1,14-18H2,2-3H3. The molecule has 0 aromatic heterocycles. The molecule has 0 N–H and O–H groups in total. The Kier molecular flexibility index (Phi) is 8.56. The molecule has 0 heterocycles. The lowest BCUT2D eigenvalue weighted by Crippen LogP contribution is -2.35. The predicted octanol–water partition coefficient (Wildman–Crippen LogP) is 6.16. The molecule has 0 saturated carbocycles. The van der Waals surface area contributed by atoms with Crippen molar-refractivity contribution in [2.45, 2.75) is 39.6 Å². The van der Waals surface area contributed by atoms with E-state index in [4.69, 9.17) is 9.47 Å². The summed E-state index contributed by atoms with van der Waals surface area (Å²) in [5.41, 5.74) is 3.26. The van der Waals surface area contributed by atoms with Crippen molar-refractivity contribution in [3.8, 4) is 0 Å². The first-order valence-electron chi connectivity index (χ1n) is 9.05. The van der Waals surface area contributed by atoms with E-state index in [2.05, 4.69) is 60.6 Å². The minimum atomic E-state index is -0.167. The Labute approximate surface area is 166 Å². The second-order valence-corrected chi connectivity index (χ2v) is 7.86. The zero-order chi connectivity index (χ0) is 18.8. The van der Waals surface area contributed by atoms with Crippen LogP contribution in [0.15, 0.2) is 72.8 Å². The van der Waals surface area contributed by atoms with Crippen LogP contribution in [0.2, 0.25) is 0 Å². The normalized spacial score (nSPS) is 12.7. The molecule has 1 atom stereocenters. The Balaban J connectivity index is 1.90. The molecule has 26 heavy (non-hydrogen) atoms. The molecule has 2 aromatic rings. The Morgan fingerprint density at radius 2 is 1.50 bits per heavy atom. The Morgan fingerprint density at radius 1 is 0.962 bits per heavy atom. The summed E-state index contributed by atoms with van der Waals surface area (Å²) in [5, 5.41) is 0.897. The van der Waals surface area contributed by atoms with Gasteiger partial charge in [-0.15, -0.1) is 0 Å². The van der Waals surface area contributed by atoms with E-state index in [-0.39, 0.29) is 11.5 Å². The highest BCUT2D eigenvalue weighted by atomic mass is 79.9. The van der Waals surface area contributed by atoms with Gasteiger partial charge in [0.1, 0.15) is 0 Å². The van der Waals surface area contributed by atoms with Crippen molar-refractivity contribution in [1.82, 2.24) is 0 Å². The highest BCUT2D eigenvalue weighted by Gasteiger charge is 2.32. The average Bonchev–Trinajstić information content (AvgIpc) is 2.66. The van der Waals surface area contributed by atoms with Gasteiger partial charge in [0.25, 0.3) is 0 Å². The molecule has 0 aliphatic heterocycles. The number of benzene rings is 2. The molecule has 3 heteroatoms. The fraction of sp³-hybridized carbons (Fsp3) is 0.391. The molecular formula is C23H29BrO2. The summed E-state index contributed by atoms with van der Waals surface area (Å²) in [4.78, 5) is 0. The fourth-order valence-corrected chi connectivity index (χ4v) is 3.22. The Morgan fingerprint density at radius 3 is 2.04 bits per heavy atom. The van der Waals surface area contributed by atoms with E-state index in [0.717, 1.165) is 17.3 Å². The van der Waals surface area contributed by atoms with Crippen LogP contribution in [0, 0.1) is 5.41 Å². The lowest BCUT2D eigenvalue weighted by atomic mass is 9.78. The SMILES string of the molecule is C=C(COCc1ccccc1)C(C)(C)C(CCBr)OCc1ccccc1. The van der Waals surface area contributed by atoms with Gasteiger partial charge >= 0.3 is 0 Å². The fourth-order valence-electron chi connectivity index (χ4n) is 2.80. The molecule has 2 nitrogen and oxygen atoms in total. The Bertz CT molecular complexity index is 652. The van der Waals surface area contributed by atoms with Crippen molar-refractivity contribution < 1.29 is 9.47 Å². The number of alkyl halides is 1. The van der Waals surface area contributed by atoms with Crippen molar-refractivity contribution in [3.05, 3.63) is 83.9 Å². The van der Waals surface area contributed by atoms with Crippen LogP contribution >= 0.6 is 15.9 Å².